The van der Waals surface area contributed by atoms with Gasteiger partial charge < -0.3 is 5.32 Å². The van der Waals surface area contributed by atoms with Gasteiger partial charge in [-0.3, -0.25) is 0 Å². The van der Waals surface area contributed by atoms with Crippen LogP contribution in [0.4, 0.5) is 4.39 Å². The van der Waals surface area contributed by atoms with Gasteiger partial charge in [-0.05, 0) is 29.8 Å². The summed E-state index contributed by atoms with van der Waals surface area (Å²) in [6.45, 7) is 2.87. The third kappa shape index (κ3) is 2.89. The average Bonchev–Trinajstić information content (AvgIpc) is 2.40. The summed E-state index contributed by atoms with van der Waals surface area (Å²) in [5.74, 6) is -0.385. The summed E-state index contributed by atoms with van der Waals surface area (Å²) >= 11 is 5.84. The molecule has 0 bridgehead atoms. The van der Waals surface area contributed by atoms with Crippen LogP contribution in [0, 0.1) is 5.82 Å². The molecular weight excluding hydrogens is 249 g/mol. The number of rotatable bonds is 4. The molecule has 1 atom stereocenters. The summed E-state index contributed by atoms with van der Waals surface area (Å²) in [6.07, 6.45) is 0. The topological polar surface area (TPSA) is 12.0 Å². The highest BCUT2D eigenvalue weighted by Crippen LogP contribution is 2.25. The van der Waals surface area contributed by atoms with Gasteiger partial charge in [0.25, 0.3) is 0 Å². The van der Waals surface area contributed by atoms with E-state index in [9.17, 15) is 4.39 Å². The molecule has 0 aliphatic carbocycles. The molecule has 2 rings (SSSR count). The van der Waals surface area contributed by atoms with Crippen LogP contribution >= 0.6 is 11.6 Å². The molecule has 1 nitrogen and oxygen atoms in total. The van der Waals surface area contributed by atoms with Crippen LogP contribution in [-0.4, -0.2) is 6.54 Å². The fraction of sp³-hybridized carbons (Fsp3) is 0.200. The molecule has 94 valence electrons. The number of nitrogens with one attached hydrogen (secondary N) is 1. The number of benzene rings is 2. The Kier molecular flexibility index (Phi) is 4.34. The van der Waals surface area contributed by atoms with E-state index in [0.717, 1.165) is 17.7 Å². The van der Waals surface area contributed by atoms with Crippen LogP contribution in [0.5, 0.6) is 0 Å². The fourth-order valence-corrected chi connectivity index (χ4v) is 2.16. The van der Waals surface area contributed by atoms with Crippen LogP contribution in [0.25, 0.3) is 0 Å². The maximum atomic E-state index is 13.2. The normalized spacial score (nSPS) is 12.4. The van der Waals surface area contributed by atoms with Crippen molar-refractivity contribution in [2.75, 3.05) is 6.54 Å². The van der Waals surface area contributed by atoms with Crippen molar-refractivity contribution in [1.29, 1.82) is 0 Å². The smallest absolute Gasteiger partial charge is 0.141 e. The first-order valence-electron chi connectivity index (χ1n) is 5.95. The highest BCUT2D eigenvalue weighted by molar-refractivity contribution is 6.30. The number of hydrogen-bond donors (Lipinski definition) is 1. The first-order valence-corrected chi connectivity index (χ1v) is 6.33. The Morgan fingerprint density at radius 3 is 2.44 bits per heavy atom. The zero-order chi connectivity index (χ0) is 13.0. The van der Waals surface area contributed by atoms with E-state index in [1.807, 2.05) is 37.3 Å². The van der Waals surface area contributed by atoms with Crippen molar-refractivity contribution >= 4 is 11.6 Å². The lowest BCUT2D eigenvalue weighted by atomic mass is 9.99. The van der Waals surface area contributed by atoms with E-state index in [-0.39, 0.29) is 16.9 Å². The predicted molar refractivity (Wildman–Crippen MR) is 73.4 cm³/mol. The molecule has 0 fully saturated rings. The lowest BCUT2D eigenvalue weighted by Crippen LogP contribution is -2.21. The lowest BCUT2D eigenvalue weighted by Gasteiger charge is -2.19. The van der Waals surface area contributed by atoms with Crippen molar-refractivity contribution in [3.05, 3.63) is 70.5 Å². The molecule has 2 aromatic carbocycles. The fourth-order valence-electron chi connectivity index (χ4n) is 1.97. The van der Waals surface area contributed by atoms with Crippen molar-refractivity contribution in [1.82, 2.24) is 5.32 Å². The second-order valence-corrected chi connectivity index (χ2v) is 4.48. The van der Waals surface area contributed by atoms with E-state index >= 15 is 0 Å². The third-order valence-electron chi connectivity index (χ3n) is 2.82. The standard InChI is InChI=1S/C15H15ClFN/c1-2-18-15(11-6-4-3-5-7-11)12-8-9-14(17)13(16)10-12/h3-10,15,18H,2H2,1H3. The molecule has 1 unspecified atom stereocenters. The summed E-state index contributed by atoms with van der Waals surface area (Å²) in [5.41, 5.74) is 2.11. The molecule has 0 spiro atoms. The molecule has 0 saturated carbocycles. The van der Waals surface area contributed by atoms with Crippen molar-refractivity contribution in [2.24, 2.45) is 0 Å². The SMILES string of the molecule is CCNC(c1ccccc1)c1ccc(F)c(Cl)c1. The molecule has 0 amide bonds. The summed E-state index contributed by atoms with van der Waals surface area (Å²) in [6, 6.07) is 14.9. The number of hydrogen-bond acceptors (Lipinski definition) is 1. The van der Waals surface area contributed by atoms with Gasteiger partial charge in [-0.1, -0.05) is 54.9 Å². The molecule has 3 heteroatoms. The molecule has 0 aromatic heterocycles. The van der Waals surface area contributed by atoms with E-state index in [2.05, 4.69) is 5.32 Å². The van der Waals surface area contributed by atoms with Crippen molar-refractivity contribution < 1.29 is 4.39 Å². The van der Waals surface area contributed by atoms with Gasteiger partial charge in [0.2, 0.25) is 0 Å². The van der Waals surface area contributed by atoms with E-state index in [0.29, 0.717) is 0 Å². The zero-order valence-electron chi connectivity index (χ0n) is 10.2. The maximum absolute atomic E-state index is 13.2. The van der Waals surface area contributed by atoms with E-state index in [1.54, 1.807) is 12.1 Å². The van der Waals surface area contributed by atoms with E-state index in [4.69, 9.17) is 11.6 Å². The van der Waals surface area contributed by atoms with Gasteiger partial charge >= 0.3 is 0 Å². The largest absolute Gasteiger partial charge is 0.307 e. The Balaban J connectivity index is 2.38. The molecule has 0 aliphatic heterocycles. The molecule has 2 aromatic rings. The quantitative estimate of drug-likeness (QED) is 0.873. The molecule has 18 heavy (non-hydrogen) atoms. The van der Waals surface area contributed by atoms with Crippen molar-refractivity contribution in [3.8, 4) is 0 Å². The average molecular weight is 264 g/mol. The molecule has 0 heterocycles. The predicted octanol–water partition coefficient (Wildman–Crippen LogP) is 4.18. The van der Waals surface area contributed by atoms with Crippen LogP contribution in [0.3, 0.4) is 0 Å². The maximum Gasteiger partial charge on any atom is 0.141 e. The Morgan fingerprint density at radius 1 is 1.11 bits per heavy atom. The zero-order valence-corrected chi connectivity index (χ0v) is 10.9. The highest BCUT2D eigenvalue weighted by atomic mass is 35.5. The molecular formula is C15H15ClFN. The van der Waals surface area contributed by atoms with Gasteiger partial charge in [-0.2, -0.15) is 0 Å². The highest BCUT2D eigenvalue weighted by Gasteiger charge is 2.13. The molecule has 0 saturated heterocycles. The molecule has 1 N–H and O–H groups in total. The Hall–Kier alpha value is -1.38. The second-order valence-electron chi connectivity index (χ2n) is 4.07. The van der Waals surface area contributed by atoms with Gasteiger partial charge in [0.15, 0.2) is 0 Å². The molecule has 0 aliphatic rings. The summed E-state index contributed by atoms with van der Waals surface area (Å²) in [5, 5.41) is 3.54. The summed E-state index contributed by atoms with van der Waals surface area (Å²) in [4.78, 5) is 0. The van der Waals surface area contributed by atoms with E-state index in [1.165, 1.54) is 6.07 Å². The van der Waals surface area contributed by atoms with Crippen LogP contribution in [0.2, 0.25) is 5.02 Å². The summed E-state index contributed by atoms with van der Waals surface area (Å²) < 4.78 is 13.2. The minimum Gasteiger partial charge on any atom is -0.307 e. The van der Waals surface area contributed by atoms with Crippen LogP contribution in [0.15, 0.2) is 48.5 Å². The van der Waals surface area contributed by atoms with Crippen LogP contribution in [0.1, 0.15) is 24.1 Å². The first kappa shape index (κ1) is 13.1. The number of halogens is 2. The minimum absolute atomic E-state index is 0.0364. The third-order valence-corrected chi connectivity index (χ3v) is 3.11. The lowest BCUT2D eigenvalue weighted by molar-refractivity contribution is 0.614. The van der Waals surface area contributed by atoms with Crippen LogP contribution in [-0.2, 0) is 0 Å². The van der Waals surface area contributed by atoms with Crippen molar-refractivity contribution in [3.63, 3.8) is 0 Å². The Morgan fingerprint density at radius 2 is 1.83 bits per heavy atom. The second kappa shape index (κ2) is 5.98. The van der Waals surface area contributed by atoms with Gasteiger partial charge in [0, 0.05) is 0 Å². The van der Waals surface area contributed by atoms with Gasteiger partial charge in [-0.25, -0.2) is 4.39 Å². The Labute approximate surface area is 112 Å². The Bertz CT molecular complexity index is 513. The monoisotopic (exact) mass is 263 g/mol. The van der Waals surface area contributed by atoms with E-state index < -0.39 is 0 Å². The molecule has 0 radical (unpaired) electrons. The minimum atomic E-state index is -0.385. The van der Waals surface area contributed by atoms with Gasteiger partial charge in [-0.15, -0.1) is 0 Å². The summed E-state index contributed by atoms with van der Waals surface area (Å²) in [7, 11) is 0. The van der Waals surface area contributed by atoms with Gasteiger partial charge in [0.1, 0.15) is 5.82 Å². The van der Waals surface area contributed by atoms with Crippen molar-refractivity contribution in [2.45, 2.75) is 13.0 Å². The first-order chi connectivity index (χ1) is 8.72. The van der Waals surface area contributed by atoms with Gasteiger partial charge in [0.05, 0.1) is 11.1 Å². The van der Waals surface area contributed by atoms with Crippen LogP contribution < -0.4 is 5.32 Å².